The molecule has 63 heavy (non-hydrogen) atoms. The van der Waals surface area contributed by atoms with Gasteiger partial charge in [0.15, 0.2) is 0 Å². The highest BCUT2D eigenvalue weighted by atomic mass is 15.1. The van der Waals surface area contributed by atoms with Crippen LogP contribution in [0.2, 0.25) is 0 Å². The number of benzene rings is 10. The Kier molecular flexibility index (Phi) is 11.4. The lowest BCUT2D eigenvalue weighted by Crippen LogP contribution is -2.09. The minimum absolute atomic E-state index is 0.202. The molecule has 10 rings (SSSR count). The molecule has 0 aliphatic rings. The fraction of sp³-hybridized carbons (Fsp3) is 0.0323. The predicted octanol–water partition coefficient (Wildman–Crippen LogP) is 16.9. The molecule has 0 saturated heterocycles. The molecule has 1 atom stereocenters. The lowest BCUT2D eigenvalue weighted by molar-refractivity contribution is 0.805. The topological polar surface area (TPSA) is 3.24 Å². The van der Waals surface area contributed by atoms with Gasteiger partial charge in [-0.15, -0.1) is 0 Å². The van der Waals surface area contributed by atoms with Gasteiger partial charge < -0.3 is 4.90 Å². The van der Waals surface area contributed by atoms with Crippen LogP contribution < -0.4 is 4.90 Å². The first-order valence-corrected chi connectivity index (χ1v) is 21.8. The molecular weight excluding hydrogens is 759 g/mol. The van der Waals surface area contributed by atoms with E-state index in [1.165, 1.54) is 72.3 Å². The zero-order valence-corrected chi connectivity index (χ0v) is 35.1. The molecule has 10 aromatic carbocycles. The van der Waals surface area contributed by atoms with Crippen molar-refractivity contribution in [3.05, 3.63) is 284 Å². The molecule has 0 saturated carbocycles. The second-order valence-electron chi connectivity index (χ2n) is 16.1. The van der Waals surface area contributed by atoms with Crippen LogP contribution in [0.1, 0.15) is 22.6 Å². The maximum absolute atomic E-state index is 2.33. The third kappa shape index (κ3) is 8.91. The van der Waals surface area contributed by atoms with Gasteiger partial charge in [0.05, 0.1) is 0 Å². The third-order valence-electron chi connectivity index (χ3n) is 12.2. The van der Waals surface area contributed by atoms with Gasteiger partial charge >= 0.3 is 0 Å². The van der Waals surface area contributed by atoms with Gasteiger partial charge in [-0.25, -0.2) is 0 Å². The quantitative estimate of drug-likeness (QED) is 0.119. The zero-order chi connectivity index (χ0) is 42.2. The van der Waals surface area contributed by atoms with Gasteiger partial charge in [0.1, 0.15) is 0 Å². The summed E-state index contributed by atoms with van der Waals surface area (Å²) in [6, 6.07) is 96.6. The predicted molar refractivity (Wildman–Crippen MR) is 267 cm³/mol. The third-order valence-corrected chi connectivity index (χ3v) is 12.2. The standard InChI is InChI=1S/C62H47N/c1-5-13-47(14-6-1)50-23-21-46(22-24-50)45-62(57-33-29-52(30-34-57)49-17-9-3-10-18-49)58-35-31-54(32-36-58)56-39-43-61(44-40-56)63(59-19-11-4-12-20-59)60-41-37-55(38-42-60)53-27-25-51(26-28-53)48-15-7-2-8-16-48/h1-44,62H,45H2. The second-order valence-corrected chi connectivity index (χ2v) is 16.1. The number of hydrogen-bond acceptors (Lipinski definition) is 1. The van der Waals surface area contributed by atoms with E-state index in [1.54, 1.807) is 0 Å². The summed E-state index contributed by atoms with van der Waals surface area (Å²) in [5, 5.41) is 0. The van der Waals surface area contributed by atoms with Crippen molar-refractivity contribution in [2.45, 2.75) is 12.3 Å². The Morgan fingerprint density at radius 2 is 0.460 bits per heavy atom. The van der Waals surface area contributed by atoms with Crippen LogP contribution in [0.5, 0.6) is 0 Å². The first-order chi connectivity index (χ1) is 31.2. The van der Waals surface area contributed by atoms with Crippen LogP contribution in [-0.4, -0.2) is 0 Å². The molecule has 0 spiro atoms. The Bertz CT molecular complexity index is 2980. The van der Waals surface area contributed by atoms with Crippen LogP contribution >= 0.6 is 0 Å². The molecular formula is C62H47N. The molecule has 300 valence electrons. The Morgan fingerprint density at radius 3 is 0.794 bits per heavy atom. The van der Waals surface area contributed by atoms with Crippen LogP contribution in [0.15, 0.2) is 267 Å². The highest BCUT2D eigenvalue weighted by Crippen LogP contribution is 2.38. The van der Waals surface area contributed by atoms with Crippen molar-refractivity contribution in [1.82, 2.24) is 0 Å². The van der Waals surface area contributed by atoms with E-state index in [0.717, 1.165) is 23.5 Å². The van der Waals surface area contributed by atoms with E-state index < -0.39 is 0 Å². The van der Waals surface area contributed by atoms with Crippen LogP contribution in [0, 0.1) is 0 Å². The van der Waals surface area contributed by atoms with Crippen LogP contribution in [0.3, 0.4) is 0 Å². The van der Waals surface area contributed by atoms with Crippen molar-refractivity contribution in [2.75, 3.05) is 4.90 Å². The maximum atomic E-state index is 2.33. The molecule has 0 radical (unpaired) electrons. The number of nitrogens with zero attached hydrogens (tertiary/aromatic N) is 1. The maximum Gasteiger partial charge on any atom is 0.0462 e. The van der Waals surface area contributed by atoms with Gasteiger partial charge in [0, 0.05) is 23.0 Å². The van der Waals surface area contributed by atoms with Crippen molar-refractivity contribution in [1.29, 1.82) is 0 Å². The van der Waals surface area contributed by atoms with E-state index in [9.17, 15) is 0 Å². The van der Waals surface area contributed by atoms with Crippen LogP contribution in [0.4, 0.5) is 17.1 Å². The SMILES string of the molecule is c1ccc(-c2ccc(CC(c3ccc(-c4ccccc4)cc3)c3ccc(-c4ccc(N(c5ccccc5)c5ccc(-c6ccc(-c7ccccc7)cc6)cc5)cc4)cc3)cc2)cc1. The summed E-state index contributed by atoms with van der Waals surface area (Å²) in [5.41, 5.74) is 19.5. The van der Waals surface area contributed by atoms with Crippen molar-refractivity contribution in [3.8, 4) is 55.6 Å². The number of anilines is 3. The van der Waals surface area contributed by atoms with Crippen molar-refractivity contribution in [2.24, 2.45) is 0 Å². The number of para-hydroxylation sites is 1. The fourth-order valence-corrected chi connectivity index (χ4v) is 8.69. The zero-order valence-electron chi connectivity index (χ0n) is 35.1. The van der Waals surface area contributed by atoms with Crippen molar-refractivity contribution < 1.29 is 0 Å². The molecule has 0 amide bonds. The van der Waals surface area contributed by atoms with E-state index in [1.807, 2.05) is 0 Å². The lowest BCUT2D eigenvalue weighted by atomic mass is 9.84. The molecule has 0 aliphatic carbocycles. The largest absolute Gasteiger partial charge is 0.311 e. The summed E-state index contributed by atoms with van der Waals surface area (Å²) in [4.78, 5) is 2.33. The summed E-state index contributed by atoms with van der Waals surface area (Å²) in [7, 11) is 0. The van der Waals surface area contributed by atoms with Crippen LogP contribution in [0.25, 0.3) is 55.6 Å². The summed E-state index contributed by atoms with van der Waals surface area (Å²) < 4.78 is 0. The molecule has 0 fully saturated rings. The highest BCUT2D eigenvalue weighted by molar-refractivity contribution is 5.80. The molecule has 0 aliphatic heterocycles. The van der Waals surface area contributed by atoms with Gasteiger partial charge in [-0.2, -0.15) is 0 Å². The van der Waals surface area contributed by atoms with E-state index in [4.69, 9.17) is 0 Å². The minimum atomic E-state index is 0.202. The summed E-state index contributed by atoms with van der Waals surface area (Å²) in [6.07, 6.45) is 0.907. The van der Waals surface area contributed by atoms with Gasteiger partial charge in [0.25, 0.3) is 0 Å². The van der Waals surface area contributed by atoms with Gasteiger partial charge in [0.2, 0.25) is 0 Å². The average molecular weight is 806 g/mol. The van der Waals surface area contributed by atoms with Gasteiger partial charge in [-0.3, -0.25) is 0 Å². The Labute approximate surface area is 371 Å². The normalized spacial score (nSPS) is 11.5. The van der Waals surface area contributed by atoms with E-state index in [-0.39, 0.29) is 5.92 Å². The number of hydrogen-bond donors (Lipinski definition) is 0. The molecule has 10 aromatic rings. The summed E-state index contributed by atoms with van der Waals surface area (Å²) in [6.45, 7) is 0. The van der Waals surface area contributed by atoms with Crippen molar-refractivity contribution in [3.63, 3.8) is 0 Å². The molecule has 0 bridgehead atoms. The van der Waals surface area contributed by atoms with Crippen molar-refractivity contribution >= 4 is 17.1 Å². The van der Waals surface area contributed by atoms with Gasteiger partial charge in [-0.1, -0.05) is 231 Å². The Morgan fingerprint density at radius 1 is 0.222 bits per heavy atom. The van der Waals surface area contributed by atoms with Crippen LogP contribution in [-0.2, 0) is 6.42 Å². The van der Waals surface area contributed by atoms with E-state index in [0.29, 0.717) is 0 Å². The fourth-order valence-electron chi connectivity index (χ4n) is 8.69. The summed E-state index contributed by atoms with van der Waals surface area (Å²) in [5.74, 6) is 0.202. The Balaban J connectivity index is 0.905. The highest BCUT2D eigenvalue weighted by Gasteiger charge is 2.17. The number of rotatable bonds is 12. The average Bonchev–Trinajstić information content (AvgIpc) is 3.38. The molecule has 1 nitrogen and oxygen atoms in total. The first-order valence-electron chi connectivity index (χ1n) is 21.8. The molecule has 1 heteroatoms. The smallest absolute Gasteiger partial charge is 0.0462 e. The first kappa shape index (κ1) is 39.2. The monoisotopic (exact) mass is 805 g/mol. The summed E-state index contributed by atoms with van der Waals surface area (Å²) >= 11 is 0. The Hall–Kier alpha value is -8.00. The second kappa shape index (κ2) is 18.3. The molecule has 1 unspecified atom stereocenters. The molecule has 0 N–H and O–H groups in total. The van der Waals surface area contributed by atoms with E-state index >= 15 is 0 Å². The molecule has 0 aromatic heterocycles. The lowest BCUT2D eigenvalue weighted by Gasteiger charge is -2.26. The van der Waals surface area contributed by atoms with Gasteiger partial charge in [-0.05, 0) is 115 Å². The van der Waals surface area contributed by atoms with E-state index in [2.05, 4.69) is 272 Å². The molecule has 0 heterocycles. The minimum Gasteiger partial charge on any atom is -0.311 e.